The van der Waals surface area contributed by atoms with E-state index in [1.807, 2.05) is 13.8 Å². The Morgan fingerprint density at radius 1 is 1.15 bits per heavy atom. The minimum absolute atomic E-state index is 0.142. The Kier molecular flexibility index (Phi) is 7.01. The van der Waals surface area contributed by atoms with Crippen molar-refractivity contribution in [2.75, 3.05) is 39.3 Å². The van der Waals surface area contributed by atoms with Gasteiger partial charge in [0.05, 0.1) is 24.1 Å². The number of rotatable bonds is 8. The molecule has 0 spiro atoms. The molecule has 12 heteroatoms. The Labute approximate surface area is 199 Å². The summed E-state index contributed by atoms with van der Waals surface area (Å²) in [6, 6.07) is 4.71. The lowest BCUT2D eigenvalue weighted by Gasteiger charge is -2.33. The number of aromatic amines is 1. The summed E-state index contributed by atoms with van der Waals surface area (Å²) in [4.78, 5) is 18.1. The van der Waals surface area contributed by atoms with Crippen molar-refractivity contribution < 1.29 is 17.7 Å². The first kappa shape index (κ1) is 24.3. The second-order valence-electron chi connectivity index (χ2n) is 8.26. The van der Waals surface area contributed by atoms with Crippen LogP contribution in [0.15, 0.2) is 27.9 Å². The first-order chi connectivity index (χ1) is 16.3. The summed E-state index contributed by atoms with van der Waals surface area (Å²) in [5.41, 5.74) is 0.351. The molecule has 1 aliphatic rings. The molecule has 3 aromatic rings. The predicted molar refractivity (Wildman–Crippen MR) is 126 cm³/mol. The molecule has 34 heavy (non-hydrogen) atoms. The van der Waals surface area contributed by atoms with Crippen LogP contribution in [0, 0.1) is 0 Å². The van der Waals surface area contributed by atoms with Gasteiger partial charge in [0.25, 0.3) is 0 Å². The number of hydrogen-bond donors (Lipinski definition) is 1. The number of nitrogens with one attached hydrogen (secondary N) is 1. The molecule has 0 saturated carbocycles. The van der Waals surface area contributed by atoms with Gasteiger partial charge in [-0.15, -0.1) is 4.68 Å². The quantitative estimate of drug-likeness (QED) is 0.459. The highest BCUT2D eigenvalue weighted by atomic mass is 32.2. The van der Waals surface area contributed by atoms with Crippen LogP contribution < -0.4 is 14.8 Å². The molecule has 0 amide bonds. The maximum atomic E-state index is 13.4. The van der Waals surface area contributed by atoms with Gasteiger partial charge >= 0.3 is 17.0 Å². The maximum absolute atomic E-state index is 13.4. The van der Waals surface area contributed by atoms with Crippen LogP contribution in [0.5, 0.6) is 5.75 Å². The second-order valence-corrected chi connectivity index (χ2v) is 10.2. The number of ether oxygens (including phenoxy) is 1. The van der Waals surface area contributed by atoms with Crippen molar-refractivity contribution in [3.8, 4) is 17.1 Å². The number of fused-ring (bicyclic) bond motifs is 1. The zero-order valence-electron chi connectivity index (χ0n) is 20.1. The summed E-state index contributed by atoms with van der Waals surface area (Å²) >= 11 is 0. The Hall–Kier alpha value is -2.83. The number of aryl methyl sites for hydroxylation is 2. The Bertz CT molecular complexity index is 1340. The van der Waals surface area contributed by atoms with Gasteiger partial charge in [-0.25, -0.2) is 8.42 Å². The topological polar surface area (TPSA) is 118 Å². The number of piperazine rings is 1. The number of sulfonamides is 1. The lowest BCUT2D eigenvalue weighted by atomic mass is 10.2. The smallest absolute Gasteiger partial charge is 0.350 e. The third-order valence-corrected chi connectivity index (χ3v) is 7.94. The molecule has 1 aromatic carbocycles. The van der Waals surface area contributed by atoms with Gasteiger partial charge in [-0.3, -0.25) is 9.78 Å². The summed E-state index contributed by atoms with van der Waals surface area (Å²) in [6.07, 6.45) is 1.49. The fraction of sp³-hybridized carbons (Fsp3) is 0.545. The molecule has 0 bridgehead atoms. The average Bonchev–Trinajstić information content (AvgIpc) is 3.15. The van der Waals surface area contributed by atoms with Crippen LogP contribution in [0.1, 0.15) is 33.0 Å². The molecule has 0 aliphatic carbocycles. The molecule has 4 rings (SSSR count). The molecule has 0 atom stereocenters. The Balaban J connectivity index is 1.82. The predicted octanol–water partition coefficient (Wildman–Crippen LogP) is 0.587. The third kappa shape index (κ3) is 4.44. The summed E-state index contributed by atoms with van der Waals surface area (Å²) in [5.74, 6) is 1.33. The second kappa shape index (κ2) is 9.80. The molecule has 1 saturated heterocycles. The number of H-pyrrole nitrogens is 1. The van der Waals surface area contributed by atoms with Crippen LogP contribution in [0.3, 0.4) is 0 Å². The first-order valence-electron chi connectivity index (χ1n) is 11.7. The molecule has 1 N–H and O–H groups in total. The number of aromatic nitrogens is 5. The molecular weight excluding hydrogens is 458 g/mol. The van der Waals surface area contributed by atoms with Gasteiger partial charge in [0, 0.05) is 37.7 Å². The van der Waals surface area contributed by atoms with Gasteiger partial charge < -0.3 is 9.64 Å². The van der Waals surface area contributed by atoms with Gasteiger partial charge in [0.15, 0.2) is 5.82 Å². The SMILES string of the molecule is CCCc1nn(C)c2c(=O)[nH]c(-c3cc(S(=O)(=O)N4CCN(CC)CC4)ccc3OCC)n[n+]12. The largest absolute Gasteiger partial charge is 0.493 e. The van der Waals surface area contributed by atoms with Gasteiger partial charge in [-0.05, 0) is 38.1 Å². The monoisotopic (exact) mass is 490 g/mol. The standard InChI is InChI=1S/C22H31N7O4S/c1-5-8-19-24-26(4)22-21(30)23-20(25-29(19)22)17-15-16(9-10-18(17)33-7-3)34(31,32)28-13-11-27(6-2)12-14-28/h9-10,15H,5-8,11-14H2,1-4H3/p+1. The van der Waals surface area contributed by atoms with Crippen molar-refractivity contribution in [1.82, 2.24) is 29.1 Å². The molecule has 184 valence electrons. The van der Waals surface area contributed by atoms with Gasteiger partial charge in [-0.1, -0.05) is 23.5 Å². The highest BCUT2D eigenvalue weighted by Crippen LogP contribution is 2.31. The van der Waals surface area contributed by atoms with E-state index in [1.54, 1.807) is 19.2 Å². The highest BCUT2D eigenvalue weighted by molar-refractivity contribution is 7.89. The van der Waals surface area contributed by atoms with E-state index >= 15 is 0 Å². The molecule has 1 aliphatic heterocycles. The van der Waals surface area contributed by atoms with E-state index in [4.69, 9.17) is 4.74 Å². The number of likely N-dealkylation sites (N-methyl/N-ethyl adjacent to an activating group) is 1. The molecule has 2 aromatic heterocycles. The fourth-order valence-electron chi connectivity index (χ4n) is 4.23. The first-order valence-corrected chi connectivity index (χ1v) is 13.1. The van der Waals surface area contributed by atoms with Gasteiger partial charge in [-0.2, -0.15) is 4.31 Å². The molecule has 0 unspecified atom stereocenters. The maximum Gasteiger partial charge on any atom is 0.350 e. The van der Waals surface area contributed by atoms with Crippen LogP contribution >= 0.6 is 0 Å². The minimum Gasteiger partial charge on any atom is -0.493 e. The normalized spacial score (nSPS) is 15.8. The van der Waals surface area contributed by atoms with E-state index in [-0.39, 0.29) is 16.3 Å². The van der Waals surface area contributed by atoms with Crippen LogP contribution in [0.2, 0.25) is 0 Å². The summed E-state index contributed by atoms with van der Waals surface area (Å²) < 4.78 is 37.1. The molecule has 0 radical (unpaired) electrons. The van der Waals surface area contributed by atoms with Crippen molar-refractivity contribution in [3.05, 3.63) is 34.4 Å². The van der Waals surface area contributed by atoms with Crippen molar-refractivity contribution >= 4 is 15.7 Å². The van der Waals surface area contributed by atoms with E-state index in [2.05, 4.69) is 27.0 Å². The van der Waals surface area contributed by atoms with Crippen LogP contribution in [0.4, 0.5) is 0 Å². The lowest BCUT2D eigenvalue weighted by Crippen LogP contribution is -2.48. The van der Waals surface area contributed by atoms with Crippen molar-refractivity contribution in [2.24, 2.45) is 7.05 Å². The zero-order valence-corrected chi connectivity index (χ0v) is 20.9. The summed E-state index contributed by atoms with van der Waals surface area (Å²) in [7, 11) is -2.02. The molecule has 1 fully saturated rings. The lowest BCUT2D eigenvalue weighted by molar-refractivity contribution is -0.590. The zero-order chi connectivity index (χ0) is 24.5. The molecule has 11 nitrogen and oxygen atoms in total. The van der Waals surface area contributed by atoms with Crippen LogP contribution in [-0.2, 0) is 23.5 Å². The number of hydrogen-bond acceptors (Lipinski definition) is 7. The van der Waals surface area contributed by atoms with Crippen LogP contribution in [0.25, 0.3) is 17.0 Å². The Morgan fingerprint density at radius 2 is 1.88 bits per heavy atom. The van der Waals surface area contributed by atoms with Crippen molar-refractivity contribution in [3.63, 3.8) is 0 Å². The van der Waals surface area contributed by atoms with E-state index in [0.717, 1.165) is 13.0 Å². The van der Waals surface area contributed by atoms with E-state index in [1.165, 1.54) is 19.6 Å². The summed E-state index contributed by atoms with van der Waals surface area (Å²) in [6.45, 7) is 9.48. The number of nitrogens with zero attached hydrogens (tertiary/aromatic N) is 6. The third-order valence-electron chi connectivity index (χ3n) is 6.05. The van der Waals surface area contributed by atoms with Gasteiger partial charge in [0.2, 0.25) is 10.0 Å². The molecule has 3 heterocycles. The molecular formula is C22H32N7O4S+. The Morgan fingerprint density at radius 3 is 2.53 bits per heavy atom. The van der Waals surface area contributed by atoms with Crippen LogP contribution in [-0.4, -0.2) is 76.8 Å². The van der Waals surface area contributed by atoms with Crippen molar-refractivity contribution in [1.29, 1.82) is 0 Å². The fourth-order valence-corrected chi connectivity index (χ4v) is 5.68. The average molecular weight is 491 g/mol. The van der Waals surface area contributed by atoms with Crippen molar-refractivity contribution in [2.45, 2.75) is 38.5 Å². The summed E-state index contributed by atoms with van der Waals surface area (Å²) in [5, 5.41) is 9.05. The van der Waals surface area contributed by atoms with E-state index in [0.29, 0.717) is 62.0 Å². The number of benzene rings is 1. The van der Waals surface area contributed by atoms with E-state index in [9.17, 15) is 13.2 Å². The highest BCUT2D eigenvalue weighted by Gasteiger charge is 2.30. The van der Waals surface area contributed by atoms with Gasteiger partial charge in [0.1, 0.15) is 5.75 Å². The van der Waals surface area contributed by atoms with E-state index < -0.39 is 10.0 Å². The minimum atomic E-state index is -3.71.